The number of hydrogen-bond acceptors (Lipinski definition) is 3. The average molecular weight is 213 g/mol. The van der Waals surface area contributed by atoms with Crippen LogP contribution in [0, 0.1) is 0 Å². The van der Waals surface area contributed by atoms with Gasteiger partial charge in [-0.3, -0.25) is 0 Å². The van der Waals surface area contributed by atoms with E-state index < -0.39 is 0 Å². The highest BCUT2D eigenvalue weighted by atomic mass is 32.2. The summed E-state index contributed by atoms with van der Waals surface area (Å²) in [4.78, 5) is 3.86. The fourth-order valence-corrected chi connectivity index (χ4v) is 4.42. The average Bonchev–Trinajstić information content (AvgIpc) is 2.59. The Hall–Kier alpha value is 0.01000. The fraction of sp³-hybridized carbons (Fsp3) is 0.600. The first-order chi connectivity index (χ1) is 6.22. The number of aryl methyl sites for hydroxylation is 1. The highest BCUT2D eigenvalue weighted by molar-refractivity contribution is 8.01. The minimum atomic E-state index is 0.650. The SMILES string of the molecule is CCc1cc2c(s1)SCC2N(C)C. The second-order valence-electron chi connectivity index (χ2n) is 3.60. The molecule has 1 unspecified atom stereocenters. The molecule has 0 N–H and O–H groups in total. The van der Waals surface area contributed by atoms with Gasteiger partial charge in [0.05, 0.1) is 4.21 Å². The van der Waals surface area contributed by atoms with Crippen LogP contribution in [-0.4, -0.2) is 24.7 Å². The van der Waals surface area contributed by atoms with E-state index in [0.717, 1.165) is 0 Å². The van der Waals surface area contributed by atoms with Gasteiger partial charge >= 0.3 is 0 Å². The maximum atomic E-state index is 2.39. The second kappa shape index (κ2) is 3.64. The summed E-state index contributed by atoms with van der Waals surface area (Å²) < 4.78 is 1.55. The molecule has 0 saturated heterocycles. The van der Waals surface area contributed by atoms with E-state index in [0.29, 0.717) is 6.04 Å². The third-order valence-corrected chi connectivity index (χ3v) is 5.15. The van der Waals surface area contributed by atoms with E-state index in [-0.39, 0.29) is 0 Å². The van der Waals surface area contributed by atoms with Crippen LogP contribution in [0.25, 0.3) is 0 Å². The van der Waals surface area contributed by atoms with E-state index in [4.69, 9.17) is 0 Å². The zero-order valence-electron chi connectivity index (χ0n) is 8.33. The van der Waals surface area contributed by atoms with Crippen molar-refractivity contribution >= 4 is 23.1 Å². The summed E-state index contributed by atoms with van der Waals surface area (Å²) in [7, 11) is 4.34. The molecule has 1 aromatic rings. The van der Waals surface area contributed by atoms with Crippen LogP contribution >= 0.6 is 23.1 Å². The molecule has 1 aliphatic heterocycles. The molecule has 3 heteroatoms. The lowest BCUT2D eigenvalue weighted by molar-refractivity contribution is 0.328. The summed E-state index contributed by atoms with van der Waals surface area (Å²) in [5, 5.41) is 0. The van der Waals surface area contributed by atoms with Crippen LogP contribution in [0.1, 0.15) is 23.4 Å². The lowest BCUT2D eigenvalue weighted by atomic mass is 10.1. The molecule has 0 aliphatic carbocycles. The Balaban J connectivity index is 2.30. The fourth-order valence-electron chi connectivity index (χ4n) is 1.63. The van der Waals surface area contributed by atoms with E-state index in [1.165, 1.54) is 17.1 Å². The molecule has 2 heterocycles. The molecule has 1 atom stereocenters. The minimum Gasteiger partial charge on any atom is -0.301 e. The number of hydrogen-bond donors (Lipinski definition) is 0. The van der Waals surface area contributed by atoms with Crippen LogP contribution in [0.15, 0.2) is 10.3 Å². The second-order valence-corrected chi connectivity index (χ2v) is 6.02. The quantitative estimate of drug-likeness (QED) is 0.743. The predicted octanol–water partition coefficient (Wildman–Crippen LogP) is 3.02. The number of thioether (sulfide) groups is 1. The first-order valence-electron chi connectivity index (χ1n) is 4.64. The summed E-state index contributed by atoms with van der Waals surface area (Å²) in [6, 6.07) is 3.04. The van der Waals surface area contributed by atoms with Crippen molar-refractivity contribution in [2.24, 2.45) is 0 Å². The van der Waals surface area contributed by atoms with Gasteiger partial charge in [-0.2, -0.15) is 0 Å². The van der Waals surface area contributed by atoms with Crippen molar-refractivity contribution in [2.45, 2.75) is 23.6 Å². The van der Waals surface area contributed by atoms with Crippen molar-refractivity contribution < 1.29 is 0 Å². The molecule has 0 amide bonds. The molecule has 1 aromatic heterocycles. The van der Waals surface area contributed by atoms with Crippen LogP contribution in [0.3, 0.4) is 0 Å². The van der Waals surface area contributed by atoms with Gasteiger partial charge in [0.15, 0.2) is 0 Å². The smallest absolute Gasteiger partial charge is 0.0650 e. The summed E-state index contributed by atoms with van der Waals surface area (Å²) in [6.45, 7) is 2.23. The van der Waals surface area contributed by atoms with Crippen LogP contribution in [0.4, 0.5) is 0 Å². The number of thiophene rings is 1. The first kappa shape index (κ1) is 9.56. The molecule has 0 spiro atoms. The number of nitrogens with zero attached hydrogens (tertiary/aromatic N) is 1. The Morgan fingerprint density at radius 3 is 2.92 bits per heavy atom. The van der Waals surface area contributed by atoms with Gasteiger partial charge < -0.3 is 4.90 Å². The number of fused-ring (bicyclic) bond motifs is 1. The number of rotatable bonds is 2. The molecule has 2 rings (SSSR count). The Labute approximate surface area is 88.1 Å². The first-order valence-corrected chi connectivity index (χ1v) is 6.44. The van der Waals surface area contributed by atoms with Crippen LogP contribution in [-0.2, 0) is 6.42 Å². The molecule has 0 saturated carbocycles. The summed E-state index contributed by atoms with van der Waals surface area (Å²) in [5.41, 5.74) is 1.57. The standard InChI is InChI=1S/C10H15NS2/c1-4-7-5-8-9(11(2)3)6-12-10(8)13-7/h5,9H,4,6H2,1-3H3. The molecule has 1 nitrogen and oxygen atoms in total. The summed E-state index contributed by atoms with van der Waals surface area (Å²) in [6.07, 6.45) is 1.18. The normalized spacial score (nSPS) is 21.1. The van der Waals surface area contributed by atoms with Crippen molar-refractivity contribution in [3.05, 3.63) is 16.5 Å². The maximum absolute atomic E-state index is 2.39. The van der Waals surface area contributed by atoms with Crippen molar-refractivity contribution in [3.8, 4) is 0 Å². The molecule has 72 valence electrons. The van der Waals surface area contributed by atoms with Crippen LogP contribution < -0.4 is 0 Å². The van der Waals surface area contributed by atoms with Crippen molar-refractivity contribution in [3.63, 3.8) is 0 Å². The zero-order valence-corrected chi connectivity index (χ0v) is 9.97. The maximum Gasteiger partial charge on any atom is 0.0650 e. The minimum absolute atomic E-state index is 0.650. The molecule has 0 bridgehead atoms. The Kier molecular flexibility index (Phi) is 2.67. The van der Waals surface area contributed by atoms with E-state index in [1.807, 2.05) is 23.1 Å². The molecule has 13 heavy (non-hydrogen) atoms. The molecular weight excluding hydrogens is 198 g/mol. The highest BCUT2D eigenvalue weighted by Crippen LogP contribution is 2.45. The molecule has 0 aromatic carbocycles. The lowest BCUT2D eigenvalue weighted by Crippen LogP contribution is -2.19. The molecule has 0 fully saturated rings. The topological polar surface area (TPSA) is 3.24 Å². The van der Waals surface area contributed by atoms with Gasteiger partial charge in [0.2, 0.25) is 0 Å². The van der Waals surface area contributed by atoms with E-state index >= 15 is 0 Å². The molecule has 1 aliphatic rings. The van der Waals surface area contributed by atoms with Gasteiger partial charge in [-0.25, -0.2) is 0 Å². The monoisotopic (exact) mass is 213 g/mol. The third-order valence-electron chi connectivity index (χ3n) is 2.48. The van der Waals surface area contributed by atoms with Gasteiger partial charge in [0, 0.05) is 16.7 Å². The van der Waals surface area contributed by atoms with E-state index in [2.05, 4.69) is 32.0 Å². The van der Waals surface area contributed by atoms with Crippen LogP contribution in [0.5, 0.6) is 0 Å². The zero-order chi connectivity index (χ0) is 9.42. The third kappa shape index (κ3) is 1.65. The van der Waals surface area contributed by atoms with Gasteiger partial charge in [-0.1, -0.05) is 6.92 Å². The molecular formula is C10H15NS2. The largest absolute Gasteiger partial charge is 0.301 e. The Bertz CT molecular complexity index is 304. The van der Waals surface area contributed by atoms with Crippen LogP contribution in [0.2, 0.25) is 0 Å². The van der Waals surface area contributed by atoms with Crippen molar-refractivity contribution in [1.82, 2.24) is 4.90 Å². The molecule has 0 radical (unpaired) electrons. The van der Waals surface area contributed by atoms with E-state index in [1.54, 1.807) is 9.77 Å². The van der Waals surface area contributed by atoms with E-state index in [9.17, 15) is 0 Å². The van der Waals surface area contributed by atoms with Gasteiger partial charge in [0.25, 0.3) is 0 Å². The predicted molar refractivity (Wildman–Crippen MR) is 60.8 cm³/mol. The Morgan fingerprint density at radius 1 is 1.54 bits per heavy atom. The van der Waals surface area contributed by atoms with Gasteiger partial charge in [-0.15, -0.1) is 23.1 Å². The summed E-state index contributed by atoms with van der Waals surface area (Å²) >= 11 is 4.00. The van der Waals surface area contributed by atoms with Gasteiger partial charge in [-0.05, 0) is 32.1 Å². The summed E-state index contributed by atoms with van der Waals surface area (Å²) in [5.74, 6) is 1.23. The van der Waals surface area contributed by atoms with Crippen molar-refractivity contribution in [1.29, 1.82) is 0 Å². The van der Waals surface area contributed by atoms with Crippen molar-refractivity contribution in [2.75, 3.05) is 19.8 Å². The van der Waals surface area contributed by atoms with Gasteiger partial charge in [0.1, 0.15) is 0 Å². The highest BCUT2D eigenvalue weighted by Gasteiger charge is 2.26. The lowest BCUT2D eigenvalue weighted by Gasteiger charge is -2.18. The Morgan fingerprint density at radius 2 is 2.31 bits per heavy atom.